The van der Waals surface area contributed by atoms with E-state index in [1.54, 1.807) is 24.1 Å². The number of halogens is 1. The number of carbonyl (C=O) groups is 1. The van der Waals surface area contributed by atoms with E-state index in [-0.39, 0.29) is 29.1 Å². The van der Waals surface area contributed by atoms with Crippen LogP contribution in [0.5, 0.6) is 5.75 Å². The van der Waals surface area contributed by atoms with Crippen molar-refractivity contribution in [2.24, 2.45) is 0 Å². The Morgan fingerprint density at radius 1 is 1.07 bits per heavy atom. The highest BCUT2D eigenvalue weighted by Crippen LogP contribution is 2.27. The van der Waals surface area contributed by atoms with Gasteiger partial charge in [-0.2, -0.15) is 0 Å². The summed E-state index contributed by atoms with van der Waals surface area (Å²) in [5, 5.41) is 0. The molecule has 0 unspecified atom stereocenters. The number of hydrogen-bond donors (Lipinski definition) is 0. The van der Waals surface area contributed by atoms with Crippen molar-refractivity contribution in [2.45, 2.75) is 43.5 Å². The van der Waals surface area contributed by atoms with Crippen LogP contribution in [-0.2, 0) is 14.8 Å². The largest absolute Gasteiger partial charge is 0.494 e. The summed E-state index contributed by atoms with van der Waals surface area (Å²) in [6, 6.07) is 11.3. The number of ether oxygens (including phenoxy) is 1. The van der Waals surface area contributed by atoms with Crippen LogP contribution in [0.15, 0.2) is 53.4 Å². The quantitative estimate of drug-likeness (QED) is 0.634. The average Bonchev–Trinajstić information content (AvgIpc) is 3.27. The summed E-state index contributed by atoms with van der Waals surface area (Å²) >= 11 is 0. The third-order valence-electron chi connectivity index (χ3n) is 5.38. The van der Waals surface area contributed by atoms with Gasteiger partial charge < -0.3 is 9.64 Å². The predicted molar refractivity (Wildman–Crippen MR) is 114 cm³/mol. The minimum absolute atomic E-state index is 0.0339. The number of amides is 1. The molecule has 0 spiro atoms. The molecule has 1 fully saturated rings. The second-order valence-electron chi connectivity index (χ2n) is 7.34. The number of anilines is 1. The monoisotopic (exact) mass is 434 g/mol. The van der Waals surface area contributed by atoms with Crippen molar-refractivity contribution in [3.8, 4) is 5.75 Å². The fourth-order valence-corrected chi connectivity index (χ4v) is 5.07. The number of sulfonamides is 1. The number of carbonyl (C=O) groups excluding carboxylic acids is 1. The average molecular weight is 435 g/mol. The van der Waals surface area contributed by atoms with Crippen LogP contribution in [0, 0.1) is 5.82 Å². The van der Waals surface area contributed by atoms with Crippen LogP contribution in [0.3, 0.4) is 0 Å². The molecule has 0 saturated heterocycles. The van der Waals surface area contributed by atoms with Crippen molar-refractivity contribution in [2.75, 3.05) is 24.5 Å². The molecule has 0 heterocycles. The lowest BCUT2D eigenvalue weighted by Crippen LogP contribution is -2.44. The molecule has 2 aromatic rings. The highest BCUT2D eigenvalue weighted by Gasteiger charge is 2.31. The second-order valence-corrected chi connectivity index (χ2v) is 9.20. The van der Waals surface area contributed by atoms with Crippen molar-refractivity contribution in [3.63, 3.8) is 0 Å². The Morgan fingerprint density at radius 2 is 1.67 bits per heavy atom. The van der Waals surface area contributed by atoms with Gasteiger partial charge in [-0.3, -0.25) is 9.10 Å². The Morgan fingerprint density at radius 3 is 2.23 bits per heavy atom. The van der Waals surface area contributed by atoms with E-state index < -0.39 is 15.8 Å². The first-order valence-electron chi connectivity index (χ1n) is 10.1. The molecule has 0 radical (unpaired) electrons. The molecule has 0 aliphatic heterocycles. The minimum Gasteiger partial charge on any atom is -0.494 e. The van der Waals surface area contributed by atoms with Gasteiger partial charge in [0.2, 0.25) is 5.91 Å². The minimum atomic E-state index is -4.04. The first-order valence-corrected chi connectivity index (χ1v) is 11.5. The van der Waals surface area contributed by atoms with Gasteiger partial charge in [0.15, 0.2) is 0 Å². The number of rotatable bonds is 8. The Bertz CT molecular complexity index is 956. The van der Waals surface area contributed by atoms with Gasteiger partial charge in [-0.05, 0) is 68.3 Å². The molecule has 1 aliphatic rings. The molecule has 0 N–H and O–H groups in total. The summed E-state index contributed by atoms with van der Waals surface area (Å²) in [6.07, 6.45) is 3.97. The number of nitrogens with zero attached hydrogens (tertiary/aromatic N) is 2. The van der Waals surface area contributed by atoms with E-state index in [0.717, 1.165) is 30.0 Å². The molecule has 1 saturated carbocycles. The molecular formula is C22H27FN2O4S. The molecule has 3 rings (SSSR count). The fourth-order valence-electron chi connectivity index (χ4n) is 3.65. The molecule has 6 nitrogen and oxygen atoms in total. The van der Waals surface area contributed by atoms with Gasteiger partial charge >= 0.3 is 0 Å². The lowest BCUT2D eigenvalue weighted by Gasteiger charge is -2.29. The van der Waals surface area contributed by atoms with Crippen LogP contribution in [0.1, 0.15) is 32.6 Å². The fraction of sp³-hybridized carbons (Fsp3) is 0.409. The first kappa shape index (κ1) is 22.1. The van der Waals surface area contributed by atoms with E-state index in [4.69, 9.17) is 4.74 Å². The van der Waals surface area contributed by atoms with Crippen LogP contribution in [-0.4, -0.2) is 45.5 Å². The molecule has 30 heavy (non-hydrogen) atoms. The highest BCUT2D eigenvalue weighted by molar-refractivity contribution is 7.92. The summed E-state index contributed by atoms with van der Waals surface area (Å²) in [5.41, 5.74) is 0.235. The lowest BCUT2D eigenvalue weighted by atomic mass is 10.2. The Labute approximate surface area is 177 Å². The van der Waals surface area contributed by atoms with Crippen LogP contribution in [0.4, 0.5) is 10.1 Å². The van der Waals surface area contributed by atoms with Gasteiger partial charge in [0, 0.05) is 13.1 Å². The second kappa shape index (κ2) is 9.47. The van der Waals surface area contributed by atoms with E-state index in [1.165, 1.54) is 36.4 Å². The standard InChI is InChI=1S/C22H27FN2O4S/c1-3-29-20-12-14-21(15-13-20)30(27,28)25(19-10-8-17(23)9-11-19)16-22(26)24(2)18-6-4-5-7-18/h8-15,18H,3-7,16H2,1-2H3. The molecule has 0 atom stereocenters. The van der Waals surface area contributed by atoms with E-state index >= 15 is 0 Å². The maximum atomic E-state index is 13.4. The predicted octanol–water partition coefficient (Wildman–Crippen LogP) is 3.82. The number of benzene rings is 2. The normalized spacial score (nSPS) is 14.5. The summed E-state index contributed by atoms with van der Waals surface area (Å²) in [5.74, 6) is -0.214. The van der Waals surface area contributed by atoms with E-state index in [1.807, 2.05) is 6.92 Å². The van der Waals surface area contributed by atoms with Gasteiger partial charge in [0.1, 0.15) is 18.1 Å². The molecule has 2 aromatic carbocycles. The smallest absolute Gasteiger partial charge is 0.264 e. The summed E-state index contributed by atoms with van der Waals surface area (Å²) in [7, 11) is -2.33. The Kier molecular flexibility index (Phi) is 6.97. The Balaban J connectivity index is 1.91. The Hall–Kier alpha value is -2.61. The van der Waals surface area contributed by atoms with Crippen molar-refractivity contribution in [1.82, 2.24) is 4.90 Å². The molecule has 0 aromatic heterocycles. The maximum absolute atomic E-state index is 13.4. The number of hydrogen-bond acceptors (Lipinski definition) is 4. The van der Waals surface area contributed by atoms with Gasteiger partial charge in [0.25, 0.3) is 10.0 Å². The maximum Gasteiger partial charge on any atom is 0.264 e. The zero-order chi connectivity index (χ0) is 21.7. The molecule has 1 aliphatic carbocycles. The van der Waals surface area contributed by atoms with E-state index in [2.05, 4.69) is 0 Å². The summed E-state index contributed by atoms with van der Waals surface area (Å²) in [4.78, 5) is 14.6. The summed E-state index contributed by atoms with van der Waals surface area (Å²) in [6.45, 7) is 1.96. The van der Waals surface area contributed by atoms with Crippen LogP contribution >= 0.6 is 0 Å². The van der Waals surface area contributed by atoms with Gasteiger partial charge in [-0.1, -0.05) is 12.8 Å². The zero-order valence-corrected chi connectivity index (χ0v) is 18.1. The number of likely N-dealkylation sites (N-methyl/N-ethyl adjacent to an activating group) is 1. The first-order chi connectivity index (χ1) is 14.3. The van der Waals surface area contributed by atoms with Crippen molar-refractivity contribution in [1.29, 1.82) is 0 Å². The van der Waals surface area contributed by atoms with E-state index in [9.17, 15) is 17.6 Å². The van der Waals surface area contributed by atoms with Gasteiger partial charge in [-0.25, -0.2) is 12.8 Å². The van der Waals surface area contributed by atoms with Gasteiger partial charge in [-0.15, -0.1) is 0 Å². The van der Waals surface area contributed by atoms with Crippen molar-refractivity contribution in [3.05, 3.63) is 54.3 Å². The van der Waals surface area contributed by atoms with Crippen LogP contribution in [0.25, 0.3) is 0 Å². The third-order valence-corrected chi connectivity index (χ3v) is 7.17. The highest BCUT2D eigenvalue weighted by atomic mass is 32.2. The molecular weight excluding hydrogens is 407 g/mol. The zero-order valence-electron chi connectivity index (χ0n) is 17.3. The van der Waals surface area contributed by atoms with E-state index in [0.29, 0.717) is 12.4 Å². The molecule has 0 bridgehead atoms. The van der Waals surface area contributed by atoms with Crippen molar-refractivity contribution >= 4 is 21.6 Å². The SMILES string of the molecule is CCOc1ccc(S(=O)(=O)N(CC(=O)N(C)C2CCCC2)c2ccc(F)cc2)cc1. The summed E-state index contributed by atoms with van der Waals surface area (Å²) < 4.78 is 46.6. The third kappa shape index (κ3) is 4.92. The topological polar surface area (TPSA) is 66.9 Å². The molecule has 8 heteroatoms. The van der Waals surface area contributed by atoms with Crippen LogP contribution in [0.2, 0.25) is 0 Å². The van der Waals surface area contributed by atoms with Crippen LogP contribution < -0.4 is 9.04 Å². The lowest BCUT2D eigenvalue weighted by molar-refractivity contribution is -0.130. The molecule has 1 amide bonds. The van der Waals surface area contributed by atoms with Gasteiger partial charge in [0.05, 0.1) is 17.2 Å². The molecule has 162 valence electrons. The van der Waals surface area contributed by atoms with Crippen molar-refractivity contribution < 1.29 is 22.3 Å².